The average Bonchev–Trinajstić information content (AvgIpc) is 2.15. The maximum atomic E-state index is 11.9. The van der Waals surface area contributed by atoms with Gasteiger partial charge in [0.25, 0.3) is 5.91 Å². The summed E-state index contributed by atoms with van der Waals surface area (Å²) >= 11 is 0. The molecule has 2 amide bonds. The molecule has 1 rings (SSSR count). The van der Waals surface area contributed by atoms with Gasteiger partial charge in [0.15, 0.2) is 0 Å². The summed E-state index contributed by atoms with van der Waals surface area (Å²) in [7, 11) is 1.51. The van der Waals surface area contributed by atoms with Crippen molar-refractivity contribution < 1.29 is 14.3 Å². The van der Waals surface area contributed by atoms with Crippen LogP contribution in [-0.2, 0) is 14.3 Å². The molecule has 0 bridgehead atoms. The Labute approximate surface area is 96.1 Å². The summed E-state index contributed by atoms with van der Waals surface area (Å²) in [6, 6.07) is 0. The van der Waals surface area contributed by atoms with E-state index in [2.05, 4.69) is 5.32 Å². The van der Waals surface area contributed by atoms with Crippen molar-refractivity contribution in [3.05, 3.63) is 0 Å². The Morgan fingerprint density at radius 3 is 2.44 bits per heavy atom. The third-order valence-corrected chi connectivity index (χ3v) is 2.92. The van der Waals surface area contributed by atoms with Gasteiger partial charge in [-0.1, -0.05) is 0 Å². The van der Waals surface area contributed by atoms with Crippen LogP contribution in [0.3, 0.4) is 0 Å². The zero-order valence-electron chi connectivity index (χ0n) is 10.4. The van der Waals surface area contributed by atoms with E-state index in [1.807, 2.05) is 6.92 Å². The predicted molar refractivity (Wildman–Crippen MR) is 59.8 cm³/mol. The van der Waals surface area contributed by atoms with Crippen molar-refractivity contribution in [3.8, 4) is 0 Å². The minimum Gasteiger partial charge on any atom is -0.369 e. The molecule has 92 valence electrons. The first-order chi connectivity index (χ1) is 7.42. The van der Waals surface area contributed by atoms with Crippen molar-refractivity contribution in [1.29, 1.82) is 0 Å². The van der Waals surface area contributed by atoms with Gasteiger partial charge in [0, 0.05) is 26.7 Å². The summed E-state index contributed by atoms with van der Waals surface area (Å²) in [5, 5.41) is 2.75. The lowest BCUT2D eigenvalue weighted by molar-refractivity contribution is -0.159. The summed E-state index contributed by atoms with van der Waals surface area (Å²) in [4.78, 5) is 25.0. The second-order valence-electron chi connectivity index (χ2n) is 4.52. The molecule has 0 aromatic rings. The number of carbonyl (C=O) groups excluding carboxylic acids is 2. The molecule has 0 spiro atoms. The molecule has 1 heterocycles. The van der Waals surface area contributed by atoms with E-state index in [0.717, 1.165) is 0 Å². The summed E-state index contributed by atoms with van der Waals surface area (Å²) in [6.45, 7) is 6.97. The fourth-order valence-corrected chi connectivity index (χ4v) is 1.60. The van der Waals surface area contributed by atoms with Gasteiger partial charge in [0.05, 0.1) is 5.92 Å². The smallest absolute Gasteiger partial charge is 0.254 e. The van der Waals surface area contributed by atoms with Gasteiger partial charge in [0.2, 0.25) is 5.91 Å². The first-order valence-corrected chi connectivity index (χ1v) is 5.54. The van der Waals surface area contributed by atoms with Gasteiger partial charge in [-0.2, -0.15) is 0 Å². The van der Waals surface area contributed by atoms with Crippen LogP contribution in [0.15, 0.2) is 0 Å². The fraction of sp³-hybridized carbons (Fsp3) is 0.818. The van der Waals surface area contributed by atoms with Crippen LogP contribution in [0.1, 0.15) is 20.8 Å². The highest BCUT2D eigenvalue weighted by atomic mass is 16.5. The van der Waals surface area contributed by atoms with Crippen molar-refractivity contribution in [1.82, 2.24) is 10.2 Å². The van der Waals surface area contributed by atoms with Gasteiger partial charge >= 0.3 is 0 Å². The number of carbonyl (C=O) groups is 2. The summed E-state index contributed by atoms with van der Waals surface area (Å²) in [5.74, 6) is -0.0890. The van der Waals surface area contributed by atoms with Crippen molar-refractivity contribution in [2.24, 2.45) is 5.92 Å². The number of ether oxygens (including phenoxy) is 1. The SMILES string of the molecule is CCNC(=O)C1CN(C(=O)C(C)(C)OC)C1. The average molecular weight is 228 g/mol. The van der Waals surface area contributed by atoms with Gasteiger partial charge in [-0.15, -0.1) is 0 Å². The van der Waals surface area contributed by atoms with Crippen LogP contribution < -0.4 is 5.32 Å². The van der Waals surface area contributed by atoms with Gasteiger partial charge in [-0.3, -0.25) is 9.59 Å². The number of likely N-dealkylation sites (tertiary alicyclic amines) is 1. The van der Waals surface area contributed by atoms with Gasteiger partial charge in [0.1, 0.15) is 5.60 Å². The first kappa shape index (κ1) is 13.0. The molecule has 5 heteroatoms. The Hall–Kier alpha value is -1.10. The molecule has 16 heavy (non-hydrogen) atoms. The van der Waals surface area contributed by atoms with Crippen LogP contribution in [-0.4, -0.2) is 49.1 Å². The van der Waals surface area contributed by atoms with E-state index in [-0.39, 0.29) is 17.7 Å². The Bertz CT molecular complexity index is 283. The number of amides is 2. The molecule has 1 fully saturated rings. The third kappa shape index (κ3) is 2.52. The molecule has 0 radical (unpaired) electrons. The Morgan fingerprint density at radius 2 is 2.00 bits per heavy atom. The summed E-state index contributed by atoms with van der Waals surface area (Å²) in [5.41, 5.74) is -0.799. The number of nitrogens with zero attached hydrogens (tertiary/aromatic N) is 1. The lowest BCUT2D eigenvalue weighted by atomic mass is 9.96. The highest BCUT2D eigenvalue weighted by molar-refractivity contribution is 5.88. The zero-order chi connectivity index (χ0) is 12.3. The van der Waals surface area contributed by atoms with E-state index in [9.17, 15) is 9.59 Å². The topological polar surface area (TPSA) is 58.6 Å². The number of rotatable bonds is 4. The number of hydrogen-bond donors (Lipinski definition) is 1. The molecular weight excluding hydrogens is 208 g/mol. The second-order valence-corrected chi connectivity index (χ2v) is 4.52. The number of nitrogens with one attached hydrogen (secondary N) is 1. The Kier molecular flexibility index (Phi) is 3.91. The quantitative estimate of drug-likeness (QED) is 0.737. The minimum atomic E-state index is -0.799. The lowest BCUT2D eigenvalue weighted by Crippen LogP contribution is -2.60. The zero-order valence-corrected chi connectivity index (χ0v) is 10.4. The van der Waals surface area contributed by atoms with Crippen LogP contribution in [0.4, 0.5) is 0 Å². The largest absolute Gasteiger partial charge is 0.369 e. The van der Waals surface area contributed by atoms with Gasteiger partial charge in [-0.05, 0) is 20.8 Å². The van der Waals surface area contributed by atoms with Crippen molar-refractivity contribution in [2.75, 3.05) is 26.7 Å². The molecule has 0 unspecified atom stereocenters. The fourth-order valence-electron chi connectivity index (χ4n) is 1.60. The van der Waals surface area contributed by atoms with E-state index < -0.39 is 5.60 Å². The third-order valence-electron chi connectivity index (χ3n) is 2.92. The molecular formula is C11H20N2O3. The molecule has 1 N–H and O–H groups in total. The van der Waals surface area contributed by atoms with Crippen LogP contribution in [0.2, 0.25) is 0 Å². The Balaban J connectivity index is 2.41. The predicted octanol–water partition coefficient (Wildman–Crippen LogP) is 0.00590. The van der Waals surface area contributed by atoms with E-state index in [0.29, 0.717) is 19.6 Å². The lowest BCUT2D eigenvalue weighted by Gasteiger charge is -2.41. The van der Waals surface area contributed by atoms with E-state index in [1.165, 1.54) is 7.11 Å². The molecule has 1 aliphatic rings. The summed E-state index contributed by atoms with van der Waals surface area (Å²) < 4.78 is 5.11. The number of hydrogen-bond acceptors (Lipinski definition) is 3. The monoisotopic (exact) mass is 228 g/mol. The molecule has 0 aliphatic carbocycles. The molecule has 0 saturated carbocycles. The maximum Gasteiger partial charge on any atom is 0.254 e. The van der Waals surface area contributed by atoms with Crippen LogP contribution in [0, 0.1) is 5.92 Å². The van der Waals surface area contributed by atoms with Crippen LogP contribution in [0.25, 0.3) is 0 Å². The van der Waals surface area contributed by atoms with E-state index in [1.54, 1.807) is 18.7 Å². The van der Waals surface area contributed by atoms with Gasteiger partial charge in [-0.25, -0.2) is 0 Å². The van der Waals surface area contributed by atoms with Crippen molar-refractivity contribution >= 4 is 11.8 Å². The first-order valence-electron chi connectivity index (χ1n) is 5.54. The molecule has 0 atom stereocenters. The molecule has 1 aliphatic heterocycles. The second kappa shape index (κ2) is 4.82. The molecule has 5 nitrogen and oxygen atoms in total. The Morgan fingerprint density at radius 1 is 1.44 bits per heavy atom. The minimum absolute atomic E-state index is 0.0294. The van der Waals surface area contributed by atoms with Gasteiger partial charge < -0.3 is 15.0 Å². The molecule has 0 aromatic heterocycles. The van der Waals surface area contributed by atoms with Crippen LogP contribution in [0.5, 0.6) is 0 Å². The molecule has 1 saturated heterocycles. The standard InChI is InChI=1S/C11H20N2O3/c1-5-12-9(14)8-6-13(7-8)10(15)11(2,3)16-4/h8H,5-7H2,1-4H3,(H,12,14). The van der Waals surface area contributed by atoms with Crippen LogP contribution >= 0.6 is 0 Å². The van der Waals surface area contributed by atoms with Crippen molar-refractivity contribution in [3.63, 3.8) is 0 Å². The molecule has 0 aromatic carbocycles. The summed E-state index contributed by atoms with van der Waals surface area (Å²) in [6.07, 6.45) is 0. The van der Waals surface area contributed by atoms with Crippen molar-refractivity contribution in [2.45, 2.75) is 26.4 Å². The highest BCUT2D eigenvalue weighted by Crippen LogP contribution is 2.21. The highest BCUT2D eigenvalue weighted by Gasteiger charge is 2.41. The van der Waals surface area contributed by atoms with E-state index >= 15 is 0 Å². The maximum absolute atomic E-state index is 11.9. The van der Waals surface area contributed by atoms with E-state index in [4.69, 9.17) is 4.74 Å². The normalized spacial score (nSPS) is 16.9. The number of methoxy groups -OCH3 is 1.